The Bertz CT molecular complexity index is 1580. The molecule has 32 heavy (non-hydrogen) atoms. The van der Waals surface area contributed by atoms with Crippen molar-refractivity contribution < 1.29 is 0 Å². The zero-order valence-corrected chi connectivity index (χ0v) is 17.2. The number of rotatable bonds is 2. The van der Waals surface area contributed by atoms with Gasteiger partial charge in [-0.1, -0.05) is 0 Å². The van der Waals surface area contributed by atoms with Gasteiger partial charge in [0.05, 0.1) is 45.9 Å². The molecular weight excluding hydrogens is 394 g/mol. The standard InChI is InChI=1S/C27H15N5/c1-17-10-21(16-30)22(20-6-8-31-9-7-20)13-27(17)32-25-4-2-18(14-28)11-23(25)24-12-19(15-29)3-5-26(24)32/h2-13H,1H3. The van der Waals surface area contributed by atoms with Gasteiger partial charge < -0.3 is 4.57 Å². The van der Waals surface area contributed by atoms with Gasteiger partial charge in [-0.25, -0.2) is 0 Å². The van der Waals surface area contributed by atoms with E-state index in [0.717, 1.165) is 44.2 Å². The molecule has 0 atom stereocenters. The first-order chi connectivity index (χ1) is 15.6. The lowest BCUT2D eigenvalue weighted by Gasteiger charge is -2.15. The predicted molar refractivity (Wildman–Crippen MR) is 123 cm³/mol. The largest absolute Gasteiger partial charge is 0.309 e. The van der Waals surface area contributed by atoms with Crippen LogP contribution in [0.4, 0.5) is 0 Å². The van der Waals surface area contributed by atoms with Gasteiger partial charge in [0.25, 0.3) is 0 Å². The average Bonchev–Trinajstić information content (AvgIpc) is 3.16. The van der Waals surface area contributed by atoms with Crippen LogP contribution in [0.15, 0.2) is 73.1 Å². The van der Waals surface area contributed by atoms with E-state index in [9.17, 15) is 15.8 Å². The smallest absolute Gasteiger partial charge is 0.0998 e. The summed E-state index contributed by atoms with van der Waals surface area (Å²) in [5, 5.41) is 30.4. The van der Waals surface area contributed by atoms with Crippen LogP contribution in [-0.2, 0) is 0 Å². The summed E-state index contributed by atoms with van der Waals surface area (Å²) < 4.78 is 2.13. The Hall–Kier alpha value is -4.92. The molecule has 2 heterocycles. The lowest BCUT2D eigenvalue weighted by Crippen LogP contribution is -1.99. The van der Waals surface area contributed by atoms with E-state index < -0.39 is 0 Å². The second-order valence-electron chi connectivity index (χ2n) is 7.55. The van der Waals surface area contributed by atoms with Gasteiger partial charge >= 0.3 is 0 Å². The summed E-state index contributed by atoms with van der Waals surface area (Å²) >= 11 is 0. The fourth-order valence-electron chi connectivity index (χ4n) is 4.22. The molecule has 0 fully saturated rings. The third kappa shape index (κ3) is 2.88. The highest BCUT2D eigenvalue weighted by Gasteiger charge is 2.17. The molecule has 2 aromatic heterocycles. The van der Waals surface area contributed by atoms with Crippen LogP contribution in [-0.4, -0.2) is 9.55 Å². The number of fused-ring (bicyclic) bond motifs is 3. The van der Waals surface area contributed by atoms with Gasteiger partial charge in [-0.05, 0) is 78.7 Å². The fourth-order valence-corrected chi connectivity index (χ4v) is 4.22. The zero-order chi connectivity index (χ0) is 22.2. The Morgan fingerprint density at radius 2 is 1.31 bits per heavy atom. The fraction of sp³-hybridized carbons (Fsp3) is 0.0370. The highest BCUT2D eigenvalue weighted by Crippen LogP contribution is 2.36. The molecule has 0 amide bonds. The Labute approximate surface area is 184 Å². The molecule has 0 aliphatic rings. The van der Waals surface area contributed by atoms with E-state index in [1.807, 2.05) is 55.5 Å². The average molecular weight is 409 g/mol. The second kappa shape index (κ2) is 7.40. The molecule has 0 aliphatic heterocycles. The highest BCUT2D eigenvalue weighted by atomic mass is 15.0. The molecule has 0 saturated carbocycles. The van der Waals surface area contributed by atoms with Crippen LogP contribution in [0.1, 0.15) is 22.3 Å². The summed E-state index contributed by atoms with van der Waals surface area (Å²) in [5.74, 6) is 0. The molecule has 5 heteroatoms. The van der Waals surface area contributed by atoms with Crippen LogP contribution in [0, 0.1) is 40.9 Å². The lowest BCUT2D eigenvalue weighted by atomic mass is 9.97. The van der Waals surface area contributed by atoms with Crippen molar-refractivity contribution in [2.45, 2.75) is 6.92 Å². The minimum absolute atomic E-state index is 0.563. The molecule has 0 saturated heterocycles. The molecule has 5 rings (SSSR count). The maximum absolute atomic E-state index is 9.75. The number of aryl methyl sites for hydroxylation is 1. The molecule has 0 unspecified atom stereocenters. The Balaban J connectivity index is 1.90. The van der Waals surface area contributed by atoms with Crippen LogP contribution in [0.3, 0.4) is 0 Å². The predicted octanol–water partition coefficient (Wildman–Crippen LogP) is 5.77. The van der Waals surface area contributed by atoms with Gasteiger partial charge in [0, 0.05) is 34.4 Å². The van der Waals surface area contributed by atoms with E-state index in [1.54, 1.807) is 24.5 Å². The number of benzene rings is 3. The topological polar surface area (TPSA) is 89.2 Å². The third-order valence-electron chi connectivity index (χ3n) is 5.71. The first-order valence-electron chi connectivity index (χ1n) is 9.98. The Kier molecular flexibility index (Phi) is 4.41. The minimum Gasteiger partial charge on any atom is -0.309 e. The monoisotopic (exact) mass is 409 g/mol. The van der Waals surface area contributed by atoms with Gasteiger partial charge in [0.15, 0.2) is 0 Å². The normalized spacial score (nSPS) is 10.6. The van der Waals surface area contributed by atoms with Gasteiger partial charge in [-0.3, -0.25) is 4.98 Å². The SMILES string of the molecule is Cc1cc(C#N)c(-c2ccncc2)cc1-n1c2ccc(C#N)cc2c2cc(C#N)ccc21. The molecule has 5 nitrogen and oxygen atoms in total. The molecule has 0 N–H and O–H groups in total. The van der Waals surface area contributed by atoms with E-state index in [1.165, 1.54) is 0 Å². The van der Waals surface area contributed by atoms with Crippen LogP contribution in [0.2, 0.25) is 0 Å². The summed E-state index contributed by atoms with van der Waals surface area (Å²) in [6, 6.07) is 25.6. The van der Waals surface area contributed by atoms with Crippen molar-refractivity contribution >= 4 is 21.8 Å². The number of aromatic nitrogens is 2. The molecule has 0 bridgehead atoms. The number of nitrogens with zero attached hydrogens (tertiary/aromatic N) is 5. The van der Waals surface area contributed by atoms with E-state index in [2.05, 4.69) is 27.8 Å². The van der Waals surface area contributed by atoms with Crippen LogP contribution < -0.4 is 0 Å². The molecule has 148 valence electrons. The summed E-state index contributed by atoms with van der Waals surface area (Å²) in [4.78, 5) is 4.09. The first kappa shape index (κ1) is 19.1. The van der Waals surface area contributed by atoms with Gasteiger partial charge in [0.2, 0.25) is 0 Å². The highest BCUT2D eigenvalue weighted by molar-refractivity contribution is 6.10. The van der Waals surface area contributed by atoms with E-state index in [4.69, 9.17) is 0 Å². The number of pyridine rings is 1. The third-order valence-corrected chi connectivity index (χ3v) is 5.71. The molecule has 3 aromatic carbocycles. The lowest BCUT2D eigenvalue weighted by molar-refractivity contribution is 1.15. The second-order valence-corrected chi connectivity index (χ2v) is 7.55. The summed E-state index contributed by atoms with van der Waals surface area (Å²) in [5.41, 5.74) is 7.21. The van der Waals surface area contributed by atoms with Crippen molar-refractivity contribution in [3.05, 3.63) is 95.3 Å². The molecule has 0 aliphatic carbocycles. The maximum atomic E-state index is 9.75. The van der Waals surface area contributed by atoms with E-state index in [-0.39, 0.29) is 0 Å². The number of nitriles is 3. The first-order valence-corrected chi connectivity index (χ1v) is 9.98. The molecule has 0 spiro atoms. The zero-order valence-electron chi connectivity index (χ0n) is 17.2. The van der Waals surface area contributed by atoms with Crippen LogP contribution >= 0.6 is 0 Å². The molecular formula is C27H15N5. The minimum atomic E-state index is 0.563. The van der Waals surface area contributed by atoms with Crippen molar-refractivity contribution in [3.8, 4) is 35.0 Å². The summed E-state index contributed by atoms with van der Waals surface area (Å²) in [7, 11) is 0. The van der Waals surface area contributed by atoms with Crippen molar-refractivity contribution in [3.63, 3.8) is 0 Å². The van der Waals surface area contributed by atoms with Crippen molar-refractivity contribution in [2.24, 2.45) is 0 Å². The van der Waals surface area contributed by atoms with Gasteiger partial charge in [-0.2, -0.15) is 15.8 Å². The van der Waals surface area contributed by atoms with Gasteiger partial charge in [0.1, 0.15) is 0 Å². The number of hydrogen-bond donors (Lipinski definition) is 0. The van der Waals surface area contributed by atoms with Crippen molar-refractivity contribution in [1.82, 2.24) is 9.55 Å². The maximum Gasteiger partial charge on any atom is 0.0998 e. The van der Waals surface area contributed by atoms with Crippen molar-refractivity contribution in [2.75, 3.05) is 0 Å². The van der Waals surface area contributed by atoms with Gasteiger partial charge in [-0.15, -0.1) is 0 Å². The van der Waals surface area contributed by atoms with E-state index in [0.29, 0.717) is 16.7 Å². The van der Waals surface area contributed by atoms with Crippen LogP contribution in [0.25, 0.3) is 38.6 Å². The quantitative estimate of drug-likeness (QED) is 0.370. The Morgan fingerprint density at radius 1 is 0.719 bits per heavy atom. The Morgan fingerprint density at radius 3 is 1.84 bits per heavy atom. The van der Waals surface area contributed by atoms with E-state index >= 15 is 0 Å². The summed E-state index contributed by atoms with van der Waals surface area (Å²) in [6.07, 6.45) is 3.42. The molecule has 5 aromatic rings. The van der Waals surface area contributed by atoms with Crippen LogP contribution in [0.5, 0.6) is 0 Å². The summed E-state index contributed by atoms with van der Waals surface area (Å²) in [6.45, 7) is 1.98. The van der Waals surface area contributed by atoms with Crippen molar-refractivity contribution in [1.29, 1.82) is 15.8 Å². The molecule has 0 radical (unpaired) electrons. The number of hydrogen-bond acceptors (Lipinski definition) is 4.